The maximum atomic E-state index is 13.3. The quantitative estimate of drug-likeness (QED) is 0.857. The van der Waals surface area contributed by atoms with Crippen LogP contribution in [0, 0.1) is 30.4 Å². The molecule has 2 rings (SSSR count). The molecule has 0 aliphatic rings. The number of aryl methyl sites for hydroxylation is 1. The minimum absolute atomic E-state index is 0.0453. The van der Waals surface area contributed by atoms with E-state index in [9.17, 15) is 13.6 Å². The van der Waals surface area contributed by atoms with Crippen LogP contribution in [-0.2, 0) is 11.2 Å². The molecule has 0 heterocycles. The molecule has 3 nitrogen and oxygen atoms in total. The highest BCUT2D eigenvalue weighted by Gasteiger charge is 2.03. The lowest BCUT2D eigenvalue weighted by Crippen LogP contribution is -2.25. The van der Waals surface area contributed by atoms with Crippen LogP contribution >= 0.6 is 0 Å². The zero-order valence-corrected chi connectivity index (χ0v) is 13.2. The molecule has 0 saturated heterocycles. The number of hydrogen-bond acceptors (Lipinski definition) is 2. The van der Waals surface area contributed by atoms with Crippen molar-refractivity contribution >= 4 is 5.91 Å². The molecule has 0 aliphatic carbocycles. The first-order valence-electron chi connectivity index (χ1n) is 7.40. The van der Waals surface area contributed by atoms with E-state index >= 15 is 0 Å². The first-order chi connectivity index (χ1) is 11.5. The number of ether oxygens (including phenoxy) is 1. The fraction of sp³-hybridized carbons (Fsp3) is 0.211. The number of carbonyl (C=O) groups excluding carboxylic acids is 1. The summed E-state index contributed by atoms with van der Waals surface area (Å²) in [6.07, 6.45) is 0.292. The molecule has 0 atom stereocenters. The molecule has 0 aliphatic heterocycles. The van der Waals surface area contributed by atoms with Gasteiger partial charge in [0.2, 0.25) is 5.91 Å². The van der Waals surface area contributed by atoms with Gasteiger partial charge in [0, 0.05) is 6.07 Å². The van der Waals surface area contributed by atoms with Crippen LogP contribution < -0.4 is 10.1 Å². The second-order valence-electron chi connectivity index (χ2n) is 5.16. The van der Waals surface area contributed by atoms with Gasteiger partial charge in [0.1, 0.15) is 12.4 Å². The molecule has 0 fully saturated rings. The molecule has 0 spiro atoms. The van der Waals surface area contributed by atoms with Crippen molar-refractivity contribution in [2.45, 2.75) is 13.3 Å². The third kappa shape index (κ3) is 5.73. The van der Waals surface area contributed by atoms with Crippen LogP contribution in [-0.4, -0.2) is 19.1 Å². The molecule has 0 bridgehead atoms. The maximum absolute atomic E-state index is 13.3. The Morgan fingerprint density at radius 3 is 2.75 bits per heavy atom. The number of amides is 1. The van der Waals surface area contributed by atoms with Crippen molar-refractivity contribution in [1.82, 2.24) is 5.32 Å². The van der Waals surface area contributed by atoms with E-state index in [1.54, 1.807) is 0 Å². The average molecular weight is 329 g/mol. The van der Waals surface area contributed by atoms with Crippen LogP contribution in [0.4, 0.5) is 8.78 Å². The summed E-state index contributed by atoms with van der Waals surface area (Å²) < 4.78 is 31.1. The van der Waals surface area contributed by atoms with Crippen molar-refractivity contribution in [3.8, 4) is 17.6 Å². The van der Waals surface area contributed by atoms with E-state index in [4.69, 9.17) is 4.74 Å². The highest BCUT2D eigenvalue weighted by Crippen LogP contribution is 2.17. The Kier molecular flexibility index (Phi) is 6.32. The summed E-state index contributed by atoms with van der Waals surface area (Å²) >= 11 is 0. The summed E-state index contributed by atoms with van der Waals surface area (Å²) in [7, 11) is 0. The molecule has 1 amide bonds. The minimum atomic E-state index is -0.775. The summed E-state index contributed by atoms with van der Waals surface area (Å²) in [5.41, 5.74) is 2.04. The monoisotopic (exact) mass is 329 g/mol. The lowest BCUT2D eigenvalue weighted by atomic mass is 10.1. The van der Waals surface area contributed by atoms with Crippen LogP contribution in [0.25, 0.3) is 0 Å². The van der Waals surface area contributed by atoms with Crippen molar-refractivity contribution in [3.05, 3.63) is 65.2 Å². The molecule has 0 aromatic heterocycles. The molecule has 0 radical (unpaired) electrons. The number of benzene rings is 2. The SMILES string of the molecule is Cc1cccc(CC(=O)NCC#CCOc2ccc(F)cc2F)c1. The van der Waals surface area contributed by atoms with Gasteiger partial charge in [-0.15, -0.1) is 0 Å². The molecule has 5 heteroatoms. The normalized spacial score (nSPS) is 9.79. The van der Waals surface area contributed by atoms with Crippen LogP contribution in [0.15, 0.2) is 42.5 Å². The lowest BCUT2D eigenvalue weighted by molar-refractivity contribution is -0.120. The van der Waals surface area contributed by atoms with Gasteiger partial charge in [-0.3, -0.25) is 4.79 Å². The third-order valence-corrected chi connectivity index (χ3v) is 3.14. The van der Waals surface area contributed by atoms with Gasteiger partial charge >= 0.3 is 0 Å². The van der Waals surface area contributed by atoms with E-state index in [2.05, 4.69) is 17.2 Å². The van der Waals surface area contributed by atoms with Crippen molar-refractivity contribution < 1.29 is 18.3 Å². The Bertz CT molecular complexity index is 778. The first kappa shape index (κ1) is 17.5. The summed E-state index contributed by atoms with van der Waals surface area (Å²) in [6, 6.07) is 10.8. The second-order valence-corrected chi connectivity index (χ2v) is 5.16. The van der Waals surface area contributed by atoms with Gasteiger partial charge in [-0.2, -0.15) is 0 Å². The van der Waals surface area contributed by atoms with Crippen molar-refractivity contribution in [2.24, 2.45) is 0 Å². The topological polar surface area (TPSA) is 38.3 Å². The highest BCUT2D eigenvalue weighted by molar-refractivity contribution is 5.78. The summed E-state index contributed by atoms with van der Waals surface area (Å²) in [6.45, 7) is 2.10. The fourth-order valence-corrected chi connectivity index (χ4v) is 2.03. The Hall–Kier alpha value is -2.87. The molecule has 0 unspecified atom stereocenters. The van der Waals surface area contributed by atoms with Gasteiger partial charge in [0.15, 0.2) is 11.6 Å². The number of carbonyl (C=O) groups is 1. The fourth-order valence-electron chi connectivity index (χ4n) is 2.03. The first-order valence-corrected chi connectivity index (χ1v) is 7.40. The third-order valence-electron chi connectivity index (χ3n) is 3.14. The standard InChI is InChI=1S/C19H17F2NO2/c1-14-5-4-6-15(11-14)12-19(23)22-9-2-3-10-24-18-8-7-16(20)13-17(18)21/h4-8,11,13H,9-10,12H2,1H3,(H,22,23). The van der Waals surface area contributed by atoms with E-state index in [1.807, 2.05) is 31.2 Å². The largest absolute Gasteiger partial charge is 0.478 e. The van der Waals surface area contributed by atoms with Crippen LogP contribution in [0.2, 0.25) is 0 Å². The number of hydrogen-bond donors (Lipinski definition) is 1. The summed E-state index contributed by atoms with van der Waals surface area (Å²) in [5, 5.41) is 2.68. The lowest BCUT2D eigenvalue weighted by Gasteiger charge is -2.03. The molecular weight excluding hydrogens is 312 g/mol. The van der Waals surface area contributed by atoms with E-state index < -0.39 is 11.6 Å². The van der Waals surface area contributed by atoms with Crippen LogP contribution in [0.3, 0.4) is 0 Å². The van der Waals surface area contributed by atoms with Crippen molar-refractivity contribution in [3.63, 3.8) is 0 Å². The molecule has 2 aromatic rings. The predicted octanol–water partition coefficient (Wildman–Crippen LogP) is 3.01. The van der Waals surface area contributed by atoms with E-state index in [1.165, 1.54) is 6.07 Å². The average Bonchev–Trinajstić information content (AvgIpc) is 2.52. The number of nitrogens with one attached hydrogen (secondary N) is 1. The summed E-state index contributed by atoms with van der Waals surface area (Å²) in [4.78, 5) is 11.8. The Balaban J connectivity index is 1.70. The number of halogens is 2. The molecular formula is C19H17F2NO2. The van der Waals surface area contributed by atoms with Crippen LogP contribution in [0.1, 0.15) is 11.1 Å². The van der Waals surface area contributed by atoms with Crippen molar-refractivity contribution in [1.29, 1.82) is 0 Å². The van der Waals surface area contributed by atoms with Crippen LogP contribution in [0.5, 0.6) is 5.75 Å². The Morgan fingerprint density at radius 2 is 2.00 bits per heavy atom. The van der Waals surface area contributed by atoms with Gasteiger partial charge in [0.05, 0.1) is 13.0 Å². The molecule has 2 aromatic carbocycles. The van der Waals surface area contributed by atoms with E-state index in [0.29, 0.717) is 6.42 Å². The summed E-state index contributed by atoms with van der Waals surface area (Å²) in [5.74, 6) is 3.74. The molecule has 124 valence electrons. The predicted molar refractivity (Wildman–Crippen MR) is 87.5 cm³/mol. The Labute approximate surface area is 139 Å². The second kappa shape index (κ2) is 8.68. The zero-order valence-electron chi connectivity index (χ0n) is 13.2. The van der Waals surface area contributed by atoms with Gasteiger partial charge in [-0.1, -0.05) is 41.7 Å². The van der Waals surface area contributed by atoms with Gasteiger partial charge in [0.25, 0.3) is 0 Å². The Morgan fingerprint density at radius 1 is 1.17 bits per heavy atom. The molecule has 1 N–H and O–H groups in total. The van der Waals surface area contributed by atoms with Crippen molar-refractivity contribution in [2.75, 3.05) is 13.2 Å². The van der Waals surface area contributed by atoms with Gasteiger partial charge < -0.3 is 10.1 Å². The zero-order chi connectivity index (χ0) is 17.4. The number of rotatable bonds is 5. The highest BCUT2D eigenvalue weighted by atomic mass is 19.1. The molecule has 0 saturated carbocycles. The molecule has 24 heavy (non-hydrogen) atoms. The van der Waals surface area contributed by atoms with E-state index in [0.717, 1.165) is 23.3 Å². The van der Waals surface area contributed by atoms with E-state index in [-0.39, 0.29) is 24.8 Å². The van der Waals surface area contributed by atoms with Gasteiger partial charge in [-0.25, -0.2) is 8.78 Å². The minimum Gasteiger partial charge on any atom is -0.478 e. The van der Waals surface area contributed by atoms with Gasteiger partial charge in [-0.05, 0) is 24.6 Å². The smallest absolute Gasteiger partial charge is 0.225 e. The maximum Gasteiger partial charge on any atom is 0.225 e.